The fourth-order valence-corrected chi connectivity index (χ4v) is 13.6. The van der Waals surface area contributed by atoms with Crippen LogP contribution < -0.4 is 0 Å². The molecule has 0 radical (unpaired) electrons. The molecule has 2 aromatic carbocycles. The van der Waals surface area contributed by atoms with E-state index in [0.717, 1.165) is 47.0 Å². The Hall–Kier alpha value is 1.64. The molecular formula is C30H20Br10O. The number of ether oxygens (including phenoxy) is 1. The molecule has 6 unspecified atom stereocenters. The summed E-state index contributed by atoms with van der Waals surface area (Å²) in [6.45, 7) is 8.64. The third kappa shape index (κ3) is 6.09. The molecule has 0 fully saturated rings. The van der Waals surface area contributed by atoms with Crippen LogP contribution in [0.3, 0.4) is 0 Å². The van der Waals surface area contributed by atoms with Crippen LogP contribution >= 0.6 is 159 Å². The number of benzene rings is 2. The van der Waals surface area contributed by atoms with Crippen LogP contribution in [-0.4, -0.2) is 20.9 Å². The van der Waals surface area contributed by atoms with E-state index in [9.17, 15) is 0 Å². The van der Waals surface area contributed by atoms with Crippen LogP contribution in [-0.2, 0) is 4.74 Å². The first-order valence-electron chi connectivity index (χ1n) is 12.0. The van der Waals surface area contributed by atoms with Gasteiger partial charge in [0.05, 0.1) is 9.65 Å². The highest BCUT2D eigenvalue weighted by Crippen LogP contribution is 2.64. The quantitative estimate of drug-likeness (QED) is 0.189. The van der Waals surface area contributed by atoms with Gasteiger partial charge in [-0.25, -0.2) is 0 Å². The molecule has 2 aliphatic carbocycles. The standard InChI is InChI=1S/C30H20Br10O/c1-3-17(15-11-7-5-8-12-15)29(25(37)21(33)19(31)22(34)26(29)38)41-30(18(4-2)16-13-9-6-10-14-16)27(39)23(35)20(32)24(36)28(30)40/h3-14,17-18,25,27H,1-2H2. The van der Waals surface area contributed by atoms with E-state index in [0.29, 0.717) is 0 Å². The van der Waals surface area contributed by atoms with Gasteiger partial charge in [-0.05, 0) is 74.8 Å². The van der Waals surface area contributed by atoms with Crippen molar-refractivity contribution in [3.05, 3.63) is 133 Å². The third-order valence-electron chi connectivity index (χ3n) is 7.12. The third-order valence-corrected chi connectivity index (χ3v) is 20.8. The first kappa shape index (κ1) is 35.5. The zero-order valence-corrected chi connectivity index (χ0v) is 36.7. The lowest BCUT2D eigenvalue weighted by Gasteiger charge is -2.55. The van der Waals surface area contributed by atoms with E-state index >= 15 is 0 Å². The molecule has 11 heteroatoms. The maximum absolute atomic E-state index is 7.87. The van der Waals surface area contributed by atoms with Crippen molar-refractivity contribution in [1.82, 2.24) is 0 Å². The topological polar surface area (TPSA) is 9.23 Å². The van der Waals surface area contributed by atoms with E-state index in [2.05, 4.69) is 197 Å². The van der Waals surface area contributed by atoms with Gasteiger partial charge in [0, 0.05) is 47.7 Å². The average Bonchev–Trinajstić information content (AvgIpc) is 3.00. The first-order chi connectivity index (χ1) is 19.4. The molecule has 2 aromatic rings. The fourth-order valence-electron chi connectivity index (χ4n) is 5.19. The molecule has 0 amide bonds. The van der Waals surface area contributed by atoms with Gasteiger partial charge in [-0.1, -0.05) is 168 Å². The maximum Gasteiger partial charge on any atom is 0.129 e. The van der Waals surface area contributed by atoms with Gasteiger partial charge in [0.25, 0.3) is 0 Å². The molecular weight excluding hydrogens is 1180 g/mol. The van der Waals surface area contributed by atoms with Gasteiger partial charge < -0.3 is 4.74 Å². The molecule has 0 saturated carbocycles. The lowest BCUT2D eigenvalue weighted by Crippen LogP contribution is -2.60. The summed E-state index contributed by atoms with van der Waals surface area (Å²) in [6.07, 6.45) is 3.90. The van der Waals surface area contributed by atoms with E-state index in [1.54, 1.807) is 0 Å². The van der Waals surface area contributed by atoms with Crippen LogP contribution in [0, 0.1) is 0 Å². The van der Waals surface area contributed by atoms with E-state index in [4.69, 9.17) is 4.74 Å². The Morgan fingerprint density at radius 3 is 1.17 bits per heavy atom. The minimum Gasteiger partial charge on any atom is -0.353 e. The van der Waals surface area contributed by atoms with Gasteiger partial charge in [-0.15, -0.1) is 13.2 Å². The normalized spacial score (nSPS) is 28.6. The van der Waals surface area contributed by atoms with Crippen molar-refractivity contribution in [1.29, 1.82) is 0 Å². The number of alkyl halides is 2. The Morgan fingerprint density at radius 2 is 0.878 bits per heavy atom. The van der Waals surface area contributed by atoms with E-state index in [-0.39, 0.29) is 21.5 Å². The van der Waals surface area contributed by atoms with Gasteiger partial charge in [0.15, 0.2) is 0 Å². The summed E-state index contributed by atoms with van der Waals surface area (Å²) in [6, 6.07) is 20.5. The van der Waals surface area contributed by atoms with Crippen molar-refractivity contribution >= 4 is 159 Å². The second kappa shape index (κ2) is 14.6. The Balaban J connectivity index is 2.15. The van der Waals surface area contributed by atoms with Crippen molar-refractivity contribution < 1.29 is 4.74 Å². The number of allylic oxidation sites excluding steroid dienone is 4. The Morgan fingerprint density at radius 1 is 0.561 bits per heavy atom. The minimum atomic E-state index is -1.07. The number of rotatable bonds is 8. The SMILES string of the molecule is C=CC(c1ccccc1)C1(OC2(C(C=C)c3ccccc3)C(Br)=C(Br)C(Br)=C(Br)C2Br)C(Br)=C(Br)C(Br)=C(Br)C1Br. The second-order valence-electron chi connectivity index (χ2n) is 9.24. The van der Waals surface area contributed by atoms with Gasteiger partial charge in [0.1, 0.15) is 11.2 Å². The molecule has 6 atom stereocenters. The van der Waals surface area contributed by atoms with Crippen molar-refractivity contribution in [3.63, 3.8) is 0 Å². The second-order valence-corrected chi connectivity index (χ2v) is 17.5. The van der Waals surface area contributed by atoms with Crippen molar-refractivity contribution in [2.24, 2.45) is 0 Å². The minimum absolute atomic E-state index is 0.312. The van der Waals surface area contributed by atoms with Crippen LogP contribution in [0.1, 0.15) is 23.0 Å². The lowest BCUT2D eigenvalue weighted by atomic mass is 9.73. The van der Waals surface area contributed by atoms with Crippen LogP contribution in [0.15, 0.2) is 122 Å². The zero-order chi connectivity index (χ0) is 30.3. The van der Waals surface area contributed by atoms with Crippen LogP contribution in [0.2, 0.25) is 0 Å². The molecule has 0 N–H and O–H groups in total. The summed E-state index contributed by atoms with van der Waals surface area (Å²) in [7, 11) is 0. The maximum atomic E-state index is 7.87. The molecule has 0 heterocycles. The smallest absolute Gasteiger partial charge is 0.129 e. The molecule has 216 valence electrons. The zero-order valence-electron chi connectivity index (χ0n) is 20.8. The molecule has 0 bridgehead atoms. The Bertz CT molecular complexity index is 1370. The van der Waals surface area contributed by atoms with Crippen molar-refractivity contribution in [3.8, 4) is 0 Å². The average molecular weight is 1200 g/mol. The molecule has 1 nitrogen and oxygen atoms in total. The van der Waals surface area contributed by atoms with E-state index in [1.807, 2.05) is 48.6 Å². The van der Waals surface area contributed by atoms with Crippen molar-refractivity contribution in [2.75, 3.05) is 0 Å². The highest BCUT2D eigenvalue weighted by Gasteiger charge is 2.62. The summed E-state index contributed by atoms with van der Waals surface area (Å²) in [5.41, 5.74) is -0.0404. The molecule has 0 aromatic heterocycles. The Kier molecular flexibility index (Phi) is 12.6. The molecule has 41 heavy (non-hydrogen) atoms. The molecule has 0 spiro atoms. The lowest BCUT2D eigenvalue weighted by molar-refractivity contribution is -0.116. The van der Waals surface area contributed by atoms with Crippen molar-refractivity contribution in [2.45, 2.75) is 32.7 Å². The first-order valence-corrected chi connectivity index (χ1v) is 20.1. The Labute approximate surface area is 325 Å². The van der Waals surface area contributed by atoms with Crippen LogP contribution in [0.4, 0.5) is 0 Å². The molecule has 4 rings (SSSR count). The molecule has 0 aliphatic heterocycles. The summed E-state index contributed by atoms with van der Waals surface area (Å²) in [4.78, 5) is -0.707. The van der Waals surface area contributed by atoms with E-state index in [1.165, 1.54) is 0 Å². The highest BCUT2D eigenvalue weighted by atomic mass is 79.9. The number of halogens is 10. The predicted molar refractivity (Wildman–Crippen MR) is 210 cm³/mol. The van der Waals surface area contributed by atoms with Gasteiger partial charge in [-0.3, -0.25) is 0 Å². The summed E-state index contributed by atoms with van der Waals surface area (Å²) < 4.78 is 14.7. The van der Waals surface area contributed by atoms with Gasteiger partial charge in [0.2, 0.25) is 0 Å². The summed E-state index contributed by atoms with van der Waals surface area (Å²) >= 11 is 39.1. The predicted octanol–water partition coefficient (Wildman–Crippen LogP) is 14.0. The van der Waals surface area contributed by atoms with Crippen LogP contribution in [0.25, 0.3) is 0 Å². The molecule has 0 saturated heterocycles. The van der Waals surface area contributed by atoms with E-state index < -0.39 is 11.2 Å². The summed E-state index contributed by atoms with van der Waals surface area (Å²) in [5.74, 6) is -0.624. The fraction of sp³-hybridized carbons (Fsp3) is 0.200. The monoisotopic (exact) mass is 1190 g/mol. The van der Waals surface area contributed by atoms with Gasteiger partial charge in [-0.2, -0.15) is 0 Å². The van der Waals surface area contributed by atoms with Gasteiger partial charge >= 0.3 is 0 Å². The number of hydrogen-bond donors (Lipinski definition) is 0. The summed E-state index contributed by atoms with van der Waals surface area (Å²) in [5, 5.41) is 0. The largest absolute Gasteiger partial charge is 0.353 e. The molecule has 2 aliphatic rings. The number of hydrogen-bond acceptors (Lipinski definition) is 1. The highest BCUT2D eigenvalue weighted by molar-refractivity contribution is 9.18. The van der Waals surface area contributed by atoms with Crippen LogP contribution in [0.5, 0.6) is 0 Å².